The van der Waals surface area contributed by atoms with Crippen LogP contribution in [0.1, 0.15) is 36.0 Å². The van der Waals surface area contributed by atoms with Gasteiger partial charge in [-0.25, -0.2) is 4.58 Å². The highest BCUT2D eigenvalue weighted by Crippen LogP contribution is 2.44. The van der Waals surface area contributed by atoms with E-state index in [1.807, 2.05) is 40.3 Å². The summed E-state index contributed by atoms with van der Waals surface area (Å²) in [4.78, 5) is 40.3. The number of aromatic carboxylic acids is 1. The lowest BCUT2D eigenvalue weighted by Gasteiger charge is -2.38. The second-order valence-electron chi connectivity index (χ2n) is 12.4. The Hall–Kier alpha value is -5.00. The molecule has 5 rings (SSSR count). The number of fused-ring (bicyclic) bond motifs is 2. The second-order valence-corrected chi connectivity index (χ2v) is 17.7. The van der Waals surface area contributed by atoms with E-state index in [2.05, 4.69) is 57.5 Å². The number of nitrogens with one attached hydrogen (secondary N) is 2. The Labute approximate surface area is 279 Å². The summed E-state index contributed by atoms with van der Waals surface area (Å²) >= 11 is 0.889. The molecule has 0 fully saturated rings. The quantitative estimate of drug-likeness (QED) is 0.140. The molecule has 9 nitrogen and oxygen atoms in total. The van der Waals surface area contributed by atoms with Gasteiger partial charge in [0.05, 0.1) is 15.7 Å². The normalized spacial score (nSPS) is 14.8. The molecular formula is C36H38N4O5SSi. The van der Waals surface area contributed by atoms with Crippen molar-refractivity contribution in [3.8, 4) is 5.75 Å². The van der Waals surface area contributed by atoms with Crippen molar-refractivity contribution in [3.05, 3.63) is 110 Å². The summed E-state index contributed by atoms with van der Waals surface area (Å²) in [6.45, 7) is 4.95. The Morgan fingerprint density at radius 1 is 0.979 bits per heavy atom. The van der Waals surface area contributed by atoms with E-state index in [1.165, 1.54) is 28.6 Å². The zero-order chi connectivity index (χ0) is 34.0. The Bertz CT molecular complexity index is 1930. The fraction of sp³-hybridized carbons (Fsp3) is 0.222. The molecule has 0 saturated carbocycles. The van der Waals surface area contributed by atoms with Crippen LogP contribution in [0, 0.1) is 0 Å². The van der Waals surface area contributed by atoms with Crippen molar-refractivity contribution >= 4 is 65.4 Å². The third-order valence-electron chi connectivity index (χ3n) is 8.37. The van der Waals surface area contributed by atoms with Crippen LogP contribution in [0.4, 0.5) is 5.69 Å². The first kappa shape index (κ1) is 33.4. The Kier molecular flexibility index (Phi) is 9.50. The number of hydrogen-bond acceptors (Lipinski definition) is 7. The summed E-state index contributed by atoms with van der Waals surface area (Å²) in [5, 5.41) is 29.8. The van der Waals surface area contributed by atoms with Crippen LogP contribution in [0.25, 0.3) is 11.6 Å². The van der Waals surface area contributed by atoms with Gasteiger partial charge in [-0.3, -0.25) is 9.59 Å². The third kappa shape index (κ3) is 6.91. The Morgan fingerprint density at radius 3 is 2.34 bits per heavy atom. The van der Waals surface area contributed by atoms with Gasteiger partial charge in [-0.1, -0.05) is 31.3 Å². The van der Waals surface area contributed by atoms with E-state index in [-0.39, 0.29) is 34.5 Å². The number of benzene rings is 2. The molecule has 242 valence electrons. The van der Waals surface area contributed by atoms with Gasteiger partial charge < -0.3 is 30.5 Å². The van der Waals surface area contributed by atoms with E-state index in [0.29, 0.717) is 5.56 Å². The van der Waals surface area contributed by atoms with Crippen LogP contribution in [0.2, 0.25) is 13.1 Å². The number of carbonyl (C=O) groups excluding carboxylic acids is 3. The number of carboxylic acids is 1. The minimum absolute atomic E-state index is 0.00975. The molecule has 47 heavy (non-hydrogen) atoms. The summed E-state index contributed by atoms with van der Waals surface area (Å²) in [5.41, 5.74) is 6.04. The molecule has 1 aliphatic carbocycles. The van der Waals surface area contributed by atoms with E-state index in [1.54, 1.807) is 24.3 Å². The van der Waals surface area contributed by atoms with Crippen molar-refractivity contribution in [1.82, 2.24) is 10.6 Å². The Balaban J connectivity index is 1.44. The second kappa shape index (κ2) is 13.4. The number of thiophene rings is 1. The van der Waals surface area contributed by atoms with Crippen molar-refractivity contribution in [3.63, 3.8) is 0 Å². The third-order valence-corrected chi connectivity index (χ3v) is 13.0. The van der Waals surface area contributed by atoms with Crippen LogP contribution >= 0.6 is 11.3 Å². The SMILES string of the molecule is CN(C)c1ccc2c(c1)[Si](C)(C)C1=CC(=[N+](C)C)C=CC1=C2c1cc(C(=O)NCCNC(=O)/C=C/c2ccc(O)cc2)sc1C(=O)[O-]. The molecule has 0 atom stereocenters. The molecule has 3 N–H and O–H groups in total. The highest BCUT2D eigenvalue weighted by Gasteiger charge is 2.41. The lowest BCUT2D eigenvalue weighted by Crippen LogP contribution is -2.49. The fourth-order valence-electron chi connectivity index (χ4n) is 5.78. The van der Waals surface area contributed by atoms with Gasteiger partial charge in [0.15, 0.2) is 5.71 Å². The number of aromatic hydroxyl groups is 1. The van der Waals surface area contributed by atoms with Gasteiger partial charge in [0.2, 0.25) is 5.91 Å². The van der Waals surface area contributed by atoms with E-state index in [4.69, 9.17) is 0 Å². The first-order chi connectivity index (χ1) is 22.3. The Morgan fingerprint density at radius 2 is 1.68 bits per heavy atom. The summed E-state index contributed by atoms with van der Waals surface area (Å²) < 4.78 is 2.06. The topological polar surface area (TPSA) is 125 Å². The van der Waals surface area contributed by atoms with Crippen LogP contribution < -0.4 is 25.8 Å². The summed E-state index contributed by atoms with van der Waals surface area (Å²) in [6, 6.07) is 14.4. The number of rotatable bonds is 9. The molecule has 0 bridgehead atoms. The maximum absolute atomic E-state index is 13.3. The summed E-state index contributed by atoms with van der Waals surface area (Å²) in [5.74, 6) is -1.97. The fourth-order valence-corrected chi connectivity index (χ4v) is 9.76. The molecule has 0 radical (unpaired) electrons. The van der Waals surface area contributed by atoms with E-state index in [0.717, 1.165) is 45.0 Å². The number of allylic oxidation sites excluding steroid dienone is 5. The molecular weight excluding hydrogens is 629 g/mol. The van der Waals surface area contributed by atoms with Gasteiger partial charge in [0.1, 0.15) is 27.9 Å². The molecule has 0 saturated heterocycles. The first-order valence-corrected chi connectivity index (χ1v) is 19.0. The van der Waals surface area contributed by atoms with Crippen molar-refractivity contribution in [2.75, 3.05) is 46.2 Å². The number of nitrogens with zero attached hydrogens (tertiary/aromatic N) is 2. The van der Waals surface area contributed by atoms with Gasteiger partial charge in [-0.15, -0.1) is 11.3 Å². The van der Waals surface area contributed by atoms with Gasteiger partial charge >= 0.3 is 0 Å². The number of carboxylic acid groups (broad SMARTS) is 1. The van der Waals surface area contributed by atoms with E-state index < -0.39 is 20.0 Å². The van der Waals surface area contributed by atoms with E-state index in [9.17, 15) is 24.6 Å². The maximum Gasteiger partial charge on any atom is 0.261 e. The number of anilines is 1. The number of phenols is 1. The average Bonchev–Trinajstić information content (AvgIpc) is 3.48. The zero-order valence-corrected chi connectivity index (χ0v) is 29.1. The van der Waals surface area contributed by atoms with Gasteiger partial charge in [-0.05, 0) is 75.1 Å². The lowest BCUT2D eigenvalue weighted by atomic mass is 9.89. The van der Waals surface area contributed by atoms with Crippen LogP contribution in [0.15, 0.2) is 83.6 Å². The van der Waals surface area contributed by atoms with Gasteiger partial charge in [0.25, 0.3) is 5.91 Å². The summed E-state index contributed by atoms with van der Waals surface area (Å²) in [6.07, 6.45) is 9.30. The van der Waals surface area contributed by atoms with Gasteiger partial charge in [0, 0.05) is 56.7 Å². The molecule has 2 amide bonds. The molecule has 0 spiro atoms. The number of hydrogen-bond donors (Lipinski definition) is 3. The van der Waals surface area contributed by atoms with Crippen molar-refractivity contribution < 1.29 is 29.2 Å². The zero-order valence-electron chi connectivity index (χ0n) is 27.3. The van der Waals surface area contributed by atoms with Crippen LogP contribution in [-0.4, -0.2) is 82.5 Å². The number of carbonyl (C=O) groups is 3. The average molecular weight is 667 g/mol. The smallest absolute Gasteiger partial charge is 0.261 e. The maximum atomic E-state index is 13.3. The highest BCUT2D eigenvalue weighted by atomic mass is 32.1. The predicted octanol–water partition coefficient (Wildman–Crippen LogP) is 2.92. The molecule has 1 aliphatic heterocycles. The minimum atomic E-state index is -2.24. The van der Waals surface area contributed by atoms with Crippen molar-refractivity contribution in [2.24, 2.45) is 0 Å². The standard InChI is InChI=1S/C36H38N4O5SSi/c1-39(2)23-10-14-26-30(19-23)47(5,6)31-20-24(40(3)4)11-15-27(31)33(26)28-21-29(46-34(28)36(44)45)35(43)38-18-17-37-32(42)16-9-22-7-12-25(41)13-8-22/h7-16,19-21H,17-18H2,1-6H3,(H3-,37,38,41,42,43,44,45). The molecule has 0 unspecified atom stereocenters. The largest absolute Gasteiger partial charge is 0.544 e. The van der Waals surface area contributed by atoms with E-state index >= 15 is 0 Å². The summed E-state index contributed by atoms with van der Waals surface area (Å²) in [7, 11) is 5.76. The minimum Gasteiger partial charge on any atom is -0.544 e. The van der Waals surface area contributed by atoms with Gasteiger partial charge in [-0.2, -0.15) is 0 Å². The number of phenolic OH excluding ortho intramolecular Hbond substituents is 1. The molecule has 2 aromatic carbocycles. The van der Waals surface area contributed by atoms with Crippen molar-refractivity contribution in [2.45, 2.75) is 13.1 Å². The molecule has 2 heterocycles. The molecule has 3 aromatic rings. The lowest BCUT2D eigenvalue weighted by molar-refractivity contribution is -0.462. The molecule has 1 aromatic heterocycles. The molecule has 11 heteroatoms. The number of amides is 2. The van der Waals surface area contributed by atoms with Crippen LogP contribution in [0.3, 0.4) is 0 Å². The molecule has 2 aliphatic rings. The predicted molar refractivity (Wildman–Crippen MR) is 189 cm³/mol. The van der Waals surface area contributed by atoms with Crippen molar-refractivity contribution in [1.29, 1.82) is 0 Å². The highest BCUT2D eigenvalue weighted by molar-refractivity contribution is 7.16. The first-order valence-electron chi connectivity index (χ1n) is 15.2. The van der Waals surface area contributed by atoms with Crippen LogP contribution in [-0.2, 0) is 4.79 Å². The van der Waals surface area contributed by atoms with Crippen LogP contribution in [0.5, 0.6) is 5.75 Å². The monoisotopic (exact) mass is 666 g/mol.